The number of hydrogen-bond acceptors (Lipinski definition) is 2. The third kappa shape index (κ3) is 5.54. The van der Waals surface area contributed by atoms with E-state index in [4.69, 9.17) is 9.98 Å². The van der Waals surface area contributed by atoms with Crippen LogP contribution in [0.3, 0.4) is 0 Å². The Morgan fingerprint density at radius 2 is 0.933 bits per heavy atom. The molecule has 0 atom stereocenters. The Kier molecular flexibility index (Phi) is 6.36. The van der Waals surface area contributed by atoms with E-state index in [1.807, 2.05) is 30.6 Å². The van der Waals surface area contributed by atoms with Crippen molar-refractivity contribution >= 4 is 23.8 Å². The van der Waals surface area contributed by atoms with E-state index < -0.39 is 0 Å². The summed E-state index contributed by atoms with van der Waals surface area (Å²) in [5.74, 6) is 0. The molecule has 2 heteroatoms. The molecule has 3 rings (SSSR count). The van der Waals surface area contributed by atoms with Crippen molar-refractivity contribution in [2.24, 2.45) is 9.98 Å². The molecule has 3 aromatic carbocycles. The molecule has 0 heterocycles. The largest absolute Gasteiger partial charge is 0.256 e. The van der Waals surface area contributed by atoms with Gasteiger partial charge in [0.25, 0.3) is 0 Å². The van der Waals surface area contributed by atoms with Crippen LogP contribution in [-0.2, 0) is 10.8 Å². The van der Waals surface area contributed by atoms with Crippen LogP contribution in [0, 0.1) is 0 Å². The topological polar surface area (TPSA) is 24.7 Å². The molecule has 0 bridgehead atoms. The van der Waals surface area contributed by atoms with Gasteiger partial charge in [0, 0.05) is 12.4 Å². The molecule has 0 saturated carbocycles. The summed E-state index contributed by atoms with van der Waals surface area (Å²) < 4.78 is 0. The molecule has 0 unspecified atom stereocenters. The highest BCUT2D eigenvalue weighted by atomic mass is 14.7. The molecule has 30 heavy (non-hydrogen) atoms. The minimum absolute atomic E-state index is 0.0584. The van der Waals surface area contributed by atoms with Crippen molar-refractivity contribution < 1.29 is 0 Å². The first-order valence-corrected chi connectivity index (χ1v) is 10.5. The van der Waals surface area contributed by atoms with E-state index in [0.717, 1.165) is 22.5 Å². The minimum Gasteiger partial charge on any atom is -0.256 e. The Morgan fingerprint density at radius 1 is 0.533 bits per heavy atom. The summed E-state index contributed by atoms with van der Waals surface area (Å²) in [6.07, 6.45) is 3.87. The number of rotatable bonds is 4. The smallest absolute Gasteiger partial charge is 0.0667 e. The zero-order chi connectivity index (χ0) is 21.8. The average Bonchev–Trinajstić information content (AvgIpc) is 2.70. The second kappa shape index (κ2) is 8.79. The molecule has 0 aliphatic rings. The Balaban J connectivity index is 1.85. The number of aliphatic imine (C=N–C) groups is 2. The fraction of sp³-hybridized carbons (Fsp3) is 0.286. The molecule has 2 nitrogen and oxygen atoms in total. The van der Waals surface area contributed by atoms with E-state index in [9.17, 15) is 0 Å². The van der Waals surface area contributed by atoms with Crippen LogP contribution < -0.4 is 0 Å². The van der Waals surface area contributed by atoms with Crippen LogP contribution in [0.15, 0.2) is 82.8 Å². The first-order valence-electron chi connectivity index (χ1n) is 10.5. The number of benzene rings is 3. The van der Waals surface area contributed by atoms with E-state index in [-0.39, 0.29) is 10.8 Å². The van der Waals surface area contributed by atoms with E-state index in [1.54, 1.807) is 0 Å². The van der Waals surface area contributed by atoms with Crippen LogP contribution in [-0.4, -0.2) is 12.4 Å². The SMILES string of the molecule is CC(C)(C)c1ccccc1N=Cc1cccc(C=Nc2ccccc2C(C)(C)C)c1. The molecule has 0 spiro atoms. The molecule has 0 aromatic heterocycles. The Labute approximate surface area is 181 Å². The zero-order valence-electron chi connectivity index (χ0n) is 19.0. The van der Waals surface area contributed by atoms with Crippen LogP contribution >= 0.6 is 0 Å². The van der Waals surface area contributed by atoms with E-state index >= 15 is 0 Å². The monoisotopic (exact) mass is 396 g/mol. The summed E-state index contributed by atoms with van der Waals surface area (Å²) in [4.78, 5) is 9.56. The minimum atomic E-state index is 0.0584. The maximum atomic E-state index is 4.78. The highest BCUT2D eigenvalue weighted by Gasteiger charge is 2.17. The first kappa shape index (κ1) is 21.7. The van der Waals surface area contributed by atoms with Crippen molar-refractivity contribution in [3.63, 3.8) is 0 Å². The van der Waals surface area contributed by atoms with Gasteiger partial charge in [-0.3, -0.25) is 9.98 Å². The Morgan fingerprint density at radius 3 is 1.33 bits per heavy atom. The van der Waals surface area contributed by atoms with Gasteiger partial charge < -0.3 is 0 Å². The third-order valence-electron chi connectivity index (χ3n) is 5.04. The van der Waals surface area contributed by atoms with E-state index in [2.05, 4.69) is 96.1 Å². The molecular weight excluding hydrogens is 364 g/mol. The highest BCUT2D eigenvalue weighted by Crippen LogP contribution is 2.32. The fourth-order valence-corrected chi connectivity index (χ4v) is 3.45. The van der Waals surface area contributed by atoms with Gasteiger partial charge in [0.05, 0.1) is 11.4 Å². The van der Waals surface area contributed by atoms with Gasteiger partial charge in [-0.05, 0) is 51.3 Å². The number of nitrogens with zero attached hydrogens (tertiary/aromatic N) is 2. The molecule has 3 aromatic rings. The van der Waals surface area contributed by atoms with E-state index in [1.165, 1.54) is 11.1 Å². The van der Waals surface area contributed by atoms with Crippen molar-refractivity contribution in [2.45, 2.75) is 52.4 Å². The van der Waals surface area contributed by atoms with Crippen LogP contribution in [0.2, 0.25) is 0 Å². The van der Waals surface area contributed by atoms with Gasteiger partial charge in [-0.1, -0.05) is 96.1 Å². The summed E-state index contributed by atoms with van der Waals surface area (Å²) >= 11 is 0. The normalized spacial score (nSPS) is 12.7. The summed E-state index contributed by atoms with van der Waals surface area (Å²) in [5.41, 5.74) is 6.77. The van der Waals surface area contributed by atoms with Crippen LogP contribution in [0.5, 0.6) is 0 Å². The van der Waals surface area contributed by atoms with Gasteiger partial charge in [-0.25, -0.2) is 0 Å². The van der Waals surface area contributed by atoms with Gasteiger partial charge in [-0.15, -0.1) is 0 Å². The molecule has 0 radical (unpaired) electrons. The Bertz CT molecular complexity index is 977. The maximum absolute atomic E-state index is 4.78. The summed E-state index contributed by atoms with van der Waals surface area (Å²) in [7, 11) is 0. The summed E-state index contributed by atoms with van der Waals surface area (Å²) in [6.45, 7) is 13.3. The highest BCUT2D eigenvalue weighted by molar-refractivity contribution is 5.88. The summed E-state index contributed by atoms with van der Waals surface area (Å²) in [6, 6.07) is 25.0. The lowest BCUT2D eigenvalue weighted by Crippen LogP contribution is -2.11. The van der Waals surface area contributed by atoms with Crippen molar-refractivity contribution in [1.29, 1.82) is 0 Å². The standard InChI is InChI=1S/C28H32N2/c1-27(2,3)23-14-7-9-16-25(23)29-19-21-12-11-13-22(18-21)20-30-26-17-10-8-15-24(26)28(4,5)6/h7-20H,1-6H3. The molecule has 0 amide bonds. The second-order valence-electron chi connectivity index (χ2n) is 9.72. The van der Waals surface area contributed by atoms with Gasteiger partial charge in [0.1, 0.15) is 0 Å². The maximum Gasteiger partial charge on any atom is 0.0667 e. The first-order chi connectivity index (χ1) is 14.1. The Hall–Kier alpha value is -3.00. The quantitative estimate of drug-likeness (QED) is 0.402. The molecule has 0 fully saturated rings. The average molecular weight is 397 g/mol. The van der Waals surface area contributed by atoms with Crippen LogP contribution in [0.4, 0.5) is 11.4 Å². The van der Waals surface area contributed by atoms with Crippen molar-refractivity contribution in [3.8, 4) is 0 Å². The van der Waals surface area contributed by atoms with Crippen LogP contribution in [0.25, 0.3) is 0 Å². The van der Waals surface area contributed by atoms with Crippen molar-refractivity contribution in [1.82, 2.24) is 0 Å². The predicted molar refractivity (Wildman–Crippen MR) is 131 cm³/mol. The lowest BCUT2D eigenvalue weighted by Gasteiger charge is -2.20. The molecular formula is C28H32N2. The zero-order valence-corrected chi connectivity index (χ0v) is 19.0. The molecule has 0 aliphatic carbocycles. The van der Waals surface area contributed by atoms with E-state index in [0.29, 0.717) is 0 Å². The molecule has 0 N–H and O–H groups in total. The van der Waals surface area contributed by atoms with Gasteiger partial charge in [0.15, 0.2) is 0 Å². The molecule has 154 valence electrons. The lowest BCUT2D eigenvalue weighted by molar-refractivity contribution is 0.591. The summed E-state index contributed by atoms with van der Waals surface area (Å²) in [5, 5.41) is 0. The number of para-hydroxylation sites is 2. The lowest BCUT2D eigenvalue weighted by atomic mass is 9.86. The third-order valence-corrected chi connectivity index (χ3v) is 5.04. The van der Waals surface area contributed by atoms with Gasteiger partial charge in [0.2, 0.25) is 0 Å². The number of hydrogen-bond donors (Lipinski definition) is 0. The molecule has 0 aliphatic heterocycles. The second-order valence-corrected chi connectivity index (χ2v) is 9.72. The van der Waals surface area contributed by atoms with Crippen LogP contribution in [0.1, 0.15) is 63.8 Å². The van der Waals surface area contributed by atoms with Crippen molar-refractivity contribution in [2.75, 3.05) is 0 Å². The van der Waals surface area contributed by atoms with Crippen molar-refractivity contribution in [3.05, 3.63) is 95.1 Å². The molecule has 0 saturated heterocycles. The fourth-order valence-electron chi connectivity index (χ4n) is 3.45. The predicted octanol–water partition coefficient (Wildman–Crippen LogP) is 7.78. The van der Waals surface area contributed by atoms with Gasteiger partial charge in [-0.2, -0.15) is 0 Å². The van der Waals surface area contributed by atoms with Gasteiger partial charge >= 0.3 is 0 Å².